The molecule has 0 aliphatic rings. The Morgan fingerprint density at radius 3 is 2.78 bits per heavy atom. The van der Waals surface area contributed by atoms with E-state index in [-0.39, 0.29) is 12.5 Å². The Morgan fingerprint density at radius 1 is 1.30 bits per heavy atom. The largest absolute Gasteiger partial charge is 0.479 e. The van der Waals surface area contributed by atoms with Gasteiger partial charge in [0.2, 0.25) is 11.7 Å². The summed E-state index contributed by atoms with van der Waals surface area (Å²) in [4.78, 5) is 19.9. The van der Waals surface area contributed by atoms with Crippen LogP contribution in [0.2, 0.25) is 5.02 Å². The van der Waals surface area contributed by atoms with Crippen LogP contribution >= 0.6 is 22.9 Å². The molecule has 1 unspecified atom stereocenters. The lowest BCUT2D eigenvalue weighted by Gasteiger charge is -2.25. The van der Waals surface area contributed by atoms with E-state index in [1.54, 1.807) is 17.0 Å². The van der Waals surface area contributed by atoms with Crippen molar-refractivity contribution in [1.82, 2.24) is 15.0 Å². The van der Waals surface area contributed by atoms with Gasteiger partial charge in [0.05, 0.1) is 9.90 Å². The van der Waals surface area contributed by atoms with E-state index in [2.05, 4.69) is 10.1 Å². The van der Waals surface area contributed by atoms with Crippen LogP contribution in [-0.2, 0) is 11.3 Å². The fraction of sp³-hybridized carbons (Fsp3) is 0.316. The smallest absolute Gasteiger partial charge is 0.264 e. The number of nitrogens with zero attached hydrogens (tertiary/aromatic N) is 3. The molecule has 2 heterocycles. The Bertz CT molecular complexity index is 882. The number of carbonyl (C=O) groups is 1. The quantitative estimate of drug-likeness (QED) is 0.545. The van der Waals surface area contributed by atoms with Crippen LogP contribution in [0.5, 0.6) is 5.75 Å². The molecule has 1 amide bonds. The maximum atomic E-state index is 12.9. The molecule has 0 fully saturated rings. The summed E-state index contributed by atoms with van der Waals surface area (Å²) < 4.78 is 11.2. The summed E-state index contributed by atoms with van der Waals surface area (Å²) in [6.07, 6.45) is -0.116. The summed E-state index contributed by atoms with van der Waals surface area (Å²) in [6.45, 7) is 4.53. The highest BCUT2D eigenvalue weighted by Gasteiger charge is 2.26. The molecule has 0 aliphatic carbocycles. The third-order valence-corrected chi connectivity index (χ3v) is 5.16. The number of hydrogen-bond donors (Lipinski definition) is 0. The number of amides is 1. The Morgan fingerprint density at radius 2 is 2.11 bits per heavy atom. The first kappa shape index (κ1) is 19.4. The second-order valence-electron chi connectivity index (χ2n) is 5.79. The molecule has 3 rings (SSSR count). The van der Waals surface area contributed by atoms with Crippen molar-refractivity contribution in [3.8, 4) is 16.5 Å². The second kappa shape index (κ2) is 9.01. The lowest BCUT2D eigenvalue weighted by Crippen LogP contribution is -2.41. The molecule has 8 heteroatoms. The lowest BCUT2D eigenvalue weighted by molar-refractivity contribution is -0.139. The van der Waals surface area contributed by atoms with E-state index in [0.717, 1.165) is 4.88 Å². The van der Waals surface area contributed by atoms with Gasteiger partial charge in [0.25, 0.3) is 5.91 Å². The van der Waals surface area contributed by atoms with Crippen LogP contribution < -0.4 is 4.74 Å². The maximum Gasteiger partial charge on any atom is 0.264 e. The molecule has 3 aromatic rings. The summed E-state index contributed by atoms with van der Waals surface area (Å²) in [5.41, 5.74) is 0. The highest BCUT2D eigenvalue weighted by molar-refractivity contribution is 7.13. The number of ether oxygens (including phenoxy) is 1. The Balaban J connectivity index is 1.70. The first-order valence-electron chi connectivity index (χ1n) is 8.68. The SMILES string of the molecule is CCC(Oc1ccccc1Cl)C(=O)N(CC)Cc1nc(-c2cccs2)no1. The Hall–Kier alpha value is -2.38. The molecular weight excluding hydrogens is 386 g/mol. The topological polar surface area (TPSA) is 68.5 Å². The van der Waals surface area contributed by atoms with Gasteiger partial charge < -0.3 is 14.2 Å². The summed E-state index contributed by atoms with van der Waals surface area (Å²) >= 11 is 7.68. The van der Waals surface area contributed by atoms with Crippen molar-refractivity contribution in [3.05, 3.63) is 52.7 Å². The monoisotopic (exact) mass is 405 g/mol. The molecule has 0 aliphatic heterocycles. The van der Waals surface area contributed by atoms with Crippen LogP contribution in [0.4, 0.5) is 0 Å². The zero-order valence-corrected chi connectivity index (χ0v) is 16.7. The van der Waals surface area contributed by atoms with Crippen LogP contribution in [0.15, 0.2) is 46.3 Å². The third-order valence-electron chi connectivity index (χ3n) is 3.98. The number of rotatable bonds is 8. The minimum absolute atomic E-state index is 0.143. The minimum Gasteiger partial charge on any atom is -0.479 e. The normalized spacial score (nSPS) is 12.0. The van der Waals surface area contributed by atoms with Gasteiger partial charge in [-0.2, -0.15) is 4.98 Å². The highest BCUT2D eigenvalue weighted by atomic mass is 35.5. The molecule has 0 saturated carbocycles. The highest BCUT2D eigenvalue weighted by Crippen LogP contribution is 2.26. The Kier molecular flexibility index (Phi) is 6.47. The first-order chi connectivity index (χ1) is 13.1. The molecule has 142 valence electrons. The van der Waals surface area contributed by atoms with E-state index in [1.165, 1.54) is 11.3 Å². The number of carbonyl (C=O) groups excluding carboxylic acids is 1. The van der Waals surface area contributed by atoms with Gasteiger partial charge >= 0.3 is 0 Å². The Labute approximate surface area is 166 Å². The van der Waals surface area contributed by atoms with Gasteiger partial charge in [0.15, 0.2) is 6.10 Å². The van der Waals surface area contributed by atoms with Crippen molar-refractivity contribution >= 4 is 28.8 Å². The summed E-state index contributed by atoms with van der Waals surface area (Å²) in [5, 5.41) is 6.41. The molecule has 1 aromatic carbocycles. The molecule has 0 radical (unpaired) electrons. The summed E-state index contributed by atoms with van der Waals surface area (Å²) in [7, 11) is 0. The zero-order valence-electron chi connectivity index (χ0n) is 15.1. The van der Waals surface area contributed by atoms with Gasteiger partial charge in [-0.15, -0.1) is 11.3 Å². The molecule has 0 N–H and O–H groups in total. The van der Waals surface area contributed by atoms with Crippen molar-refractivity contribution in [2.45, 2.75) is 32.9 Å². The molecule has 6 nitrogen and oxygen atoms in total. The first-order valence-corrected chi connectivity index (χ1v) is 9.94. The molecule has 0 bridgehead atoms. The average Bonchev–Trinajstić information content (AvgIpc) is 3.36. The van der Waals surface area contributed by atoms with Crippen molar-refractivity contribution in [3.63, 3.8) is 0 Å². The third kappa shape index (κ3) is 4.67. The number of halogens is 1. The summed E-state index contributed by atoms with van der Waals surface area (Å²) in [5.74, 6) is 1.27. The zero-order chi connectivity index (χ0) is 19.2. The number of benzene rings is 1. The molecule has 0 spiro atoms. The maximum absolute atomic E-state index is 12.9. The van der Waals surface area contributed by atoms with E-state index in [4.69, 9.17) is 20.9 Å². The van der Waals surface area contributed by atoms with Crippen LogP contribution in [0, 0.1) is 0 Å². The van der Waals surface area contributed by atoms with Crippen LogP contribution in [0.25, 0.3) is 10.7 Å². The van der Waals surface area contributed by atoms with Crippen molar-refractivity contribution in [2.75, 3.05) is 6.54 Å². The summed E-state index contributed by atoms with van der Waals surface area (Å²) in [6, 6.07) is 11.0. The van der Waals surface area contributed by atoms with E-state index in [1.807, 2.05) is 43.5 Å². The molecule has 0 saturated heterocycles. The van der Waals surface area contributed by atoms with Crippen LogP contribution in [0.3, 0.4) is 0 Å². The molecule has 1 atom stereocenters. The molecule has 27 heavy (non-hydrogen) atoms. The van der Waals surface area contributed by atoms with Gasteiger partial charge in [-0.3, -0.25) is 4.79 Å². The molecular formula is C19H20ClN3O3S. The average molecular weight is 406 g/mol. The number of likely N-dealkylation sites (N-methyl/N-ethyl adjacent to an activating group) is 1. The van der Waals surface area contributed by atoms with Crippen LogP contribution in [-0.4, -0.2) is 33.6 Å². The number of hydrogen-bond acceptors (Lipinski definition) is 6. The fourth-order valence-electron chi connectivity index (χ4n) is 2.54. The van der Waals surface area contributed by atoms with E-state index < -0.39 is 6.10 Å². The van der Waals surface area contributed by atoms with Gasteiger partial charge in [-0.1, -0.05) is 41.9 Å². The van der Waals surface area contributed by atoms with Gasteiger partial charge in [0, 0.05) is 6.54 Å². The van der Waals surface area contributed by atoms with E-state index >= 15 is 0 Å². The fourth-order valence-corrected chi connectivity index (χ4v) is 3.37. The molecule has 2 aromatic heterocycles. The van der Waals surface area contributed by atoms with Gasteiger partial charge in [0.1, 0.15) is 12.3 Å². The second-order valence-corrected chi connectivity index (χ2v) is 7.14. The van der Waals surface area contributed by atoms with Gasteiger partial charge in [-0.05, 0) is 36.9 Å². The van der Waals surface area contributed by atoms with Crippen molar-refractivity contribution in [2.24, 2.45) is 0 Å². The van der Waals surface area contributed by atoms with E-state index in [0.29, 0.717) is 35.5 Å². The predicted octanol–water partition coefficient (Wildman–Crippen LogP) is 4.66. The van der Waals surface area contributed by atoms with Crippen molar-refractivity contribution < 1.29 is 14.1 Å². The predicted molar refractivity (Wildman–Crippen MR) is 105 cm³/mol. The minimum atomic E-state index is -0.635. The number of aromatic nitrogens is 2. The standard InChI is InChI=1S/C19H20ClN3O3S/c1-3-14(25-15-9-6-5-8-13(15)20)19(24)23(4-2)12-17-21-18(22-26-17)16-10-7-11-27-16/h5-11,14H,3-4,12H2,1-2H3. The lowest BCUT2D eigenvalue weighted by atomic mass is 10.2. The number of thiophene rings is 1. The van der Waals surface area contributed by atoms with E-state index in [9.17, 15) is 4.79 Å². The van der Waals surface area contributed by atoms with Gasteiger partial charge in [-0.25, -0.2) is 0 Å². The number of para-hydroxylation sites is 1. The van der Waals surface area contributed by atoms with Crippen LogP contribution in [0.1, 0.15) is 26.2 Å². The van der Waals surface area contributed by atoms with Crippen molar-refractivity contribution in [1.29, 1.82) is 0 Å².